The van der Waals surface area contributed by atoms with Crippen LogP contribution in [0.5, 0.6) is 0 Å². The smallest absolute Gasteiger partial charge is 0.174 e. The van der Waals surface area contributed by atoms with E-state index in [1.54, 1.807) is 17.4 Å². The molecule has 6 heteroatoms. The molecule has 0 aliphatic heterocycles. The van der Waals surface area contributed by atoms with Crippen molar-refractivity contribution in [2.24, 2.45) is 0 Å². The molecule has 0 aromatic carbocycles. The minimum Gasteiger partial charge on any atom is -0.382 e. The van der Waals surface area contributed by atoms with Gasteiger partial charge in [0, 0.05) is 22.9 Å². The van der Waals surface area contributed by atoms with Gasteiger partial charge in [-0.2, -0.15) is 0 Å². The molecule has 0 atom stereocenters. The first-order chi connectivity index (χ1) is 8.49. The Balaban J connectivity index is 2.09. The third-order valence-electron chi connectivity index (χ3n) is 2.63. The number of thiophene rings is 1. The van der Waals surface area contributed by atoms with Crippen molar-refractivity contribution >= 4 is 40.2 Å². The highest BCUT2D eigenvalue weighted by Gasteiger charge is 2.21. The van der Waals surface area contributed by atoms with Crippen LogP contribution in [-0.4, -0.2) is 16.7 Å². The molecule has 2 aromatic heterocycles. The largest absolute Gasteiger partial charge is 0.382 e. The Morgan fingerprint density at radius 2 is 2.11 bits per heavy atom. The SMILES string of the molecule is CC(C)(CNc1cc(Cl)nnc1Cl)c1cccs1. The second-order valence-corrected chi connectivity index (χ2v) is 6.28. The highest BCUT2D eigenvalue weighted by atomic mass is 35.5. The maximum absolute atomic E-state index is 5.96. The number of halogens is 2. The molecule has 0 fully saturated rings. The Labute approximate surface area is 120 Å². The number of nitrogens with one attached hydrogen (secondary N) is 1. The van der Waals surface area contributed by atoms with Gasteiger partial charge in [0.25, 0.3) is 0 Å². The van der Waals surface area contributed by atoms with E-state index in [-0.39, 0.29) is 5.41 Å². The molecule has 0 aliphatic rings. The number of rotatable bonds is 4. The van der Waals surface area contributed by atoms with E-state index in [4.69, 9.17) is 23.2 Å². The summed E-state index contributed by atoms with van der Waals surface area (Å²) in [5, 5.41) is 13.5. The molecule has 3 nitrogen and oxygen atoms in total. The van der Waals surface area contributed by atoms with E-state index in [0.717, 1.165) is 6.54 Å². The van der Waals surface area contributed by atoms with Gasteiger partial charge < -0.3 is 5.32 Å². The van der Waals surface area contributed by atoms with Crippen molar-refractivity contribution in [3.05, 3.63) is 38.8 Å². The number of hydrogen-bond acceptors (Lipinski definition) is 4. The van der Waals surface area contributed by atoms with Crippen molar-refractivity contribution in [2.45, 2.75) is 19.3 Å². The summed E-state index contributed by atoms with van der Waals surface area (Å²) in [5.74, 6) is 0. The fourth-order valence-electron chi connectivity index (χ4n) is 1.54. The average molecular weight is 302 g/mol. The molecule has 0 amide bonds. The lowest BCUT2D eigenvalue weighted by molar-refractivity contribution is 0.569. The summed E-state index contributed by atoms with van der Waals surface area (Å²) in [6.45, 7) is 5.10. The van der Waals surface area contributed by atoms with Gasteiger partial charge in [-0.3, -0.25) is 0 Å². The Morgan fingerprint density at radius 1 is 1.33 bits per heavy atom. The minimum atomic E-state index is 0.0211. The van der Waals surface area contributed by atoms with Gasteiger partial charge >= 0.3 is 0 Å². The summed E-state index contributed by atoms with van der Waals surface area (Å²) >= 11 is 13.5. The number of anilines is 1. The quantitative estimate of drug-likeness (QED) is 0.918. The maximum atomic E-state index is 5.96. The molecule has 0 saturated heterocycles. The van der Waals surface area contributed by atoms with Crippen LogP contribution >= 0.6 is 34.5 Å². The summed E-state index contributed by atoms with van der Waals surface area (Å²) < 4.78 is 0. The Bertz CT molecular complexity index is 526. The molecule has 0 radical (unpaired) electrons. The molecule has 18 heavy (non-hydrogen) atoms. The highest BCUT2D eigenvalue weighted by Crippen LogP contribution is 2.29. The molecule has 1 N–H and O–H groups in total. The first kappa shape index (κ1) is 13.6. The monoisotopic (exact) mass is 301 g/mol. The predicted octanol–water partition coefficient (Wildman–Crippen LogP) is 4.23. The Kier molecular flexibility index (Phi) is 4.10. The molecular formula is C12H13Cl2N3S. The second kappa shape index (κ2) is 5.43. The van der Waals surface area contributed by atoms with Crippen LogP contribution in [0.15, 0.2) is 23.6 Å². The number of hydrogen-bond donors (Lipinski definition) is 1. The third kappa shape index (κ3) is 3.13. The second-order valence-electron chi connectivity index (χ2n) is 4.59. The van der Waals surface area contributed by atoms with Gasteiger partial charge in [0.05, 0.1) is 5.69 Å². The van der Waals surface area contributed by atoms with E-state index in [1.165, 1.54) is 4.88 Å². The fourth-order valence-corrected chi connectivity index (χ4v) is 2.70. The first-order valence-electron chi connectivity index (χ1n) is 5.45. The van der Waals surface area contributed by atoms with Crippen LogP contribution in [0.4, 0.5) is 5.69 Å². The molecule has 2 heterocycles. The summed E-state index contributed by atoms with van der Waals surface area (Å²) in [4.78, 5) is 1.32. The van der Waals surface area contributed by atoms with E-state index >= 15 is 0 Å². The molecule has 2 aromatic rings. The van der Waals surface area contributed by atoms with Crippen molar-refractivity contribution in [1.82, 2.24) is 10.2 Å². The summed E-state index contributed by atoms with van der Waals surface area (Å²) in [6.07, 6.45) is 0. The van der Waals surface area contributed by atoms with E-state index in [1.807, 2.05) is 0 Å². The van der Waals surface area contributed by atoms with Crippen LogP contribution in [0.1, 0.15) is 18.7 Å². The molecule has 0 aliphatic carbocycles. The molecule has 0 spiro atoms. The zero-order valence-electron chi connectivity index (χ0n) is 10.1. The van der Waals surface area contributed by atoms with Crippen molar-refractivity contribution in [3.63, 3.8) is 0 Å². The predicted molar refractivity (Wildman–Crippen MR) is 77.9 cm³/mol. The van der Waals surface area contributed by atoms with E-state index in [0.29, 0.717) is 16.0 Å². The topological polar surface area (TPSA) is 37.8 Å². The van der Waals surface area contributed by atoms with E-state index in [2.05, 4.69) is 46.9 Å². The standard InChI is InChI=1S/C12H13Cl2N3S/c1-12(2,9-4-3-5-18-9)7-15-8-6-10(13)16-17-11(8)14/h3-6H,7H2,1-2H3,(H,15,16). The van der Waals surface area contributed by atoms with Gasteiger partial charge in [0.2, 0.25) is 0 Å². The molecular weight excluding hydrogens is 289 g/mol. The molecule has 2 rings (SSSR count). The van der Waals surface area contributed by atoms with Gasteiger partial charge in [-0.15, -0.1) is 21.5 Å². The zero-order chi connectivity index (χ0) is 13.2. The zero-order valence-corrected chi connectivity index (χ0v) is 12.4. The summed E-state index contributed by atoms with van der Waals surface area (Å²) in [5.41, 5.74) is 0.731. The van der Waals surface area contributed by atoms with Gasteiger partial charge in [-0.05, 0) is 11.4 Å². The first-order valence-corrected chi connectivity index (χ1v) is 7.09. The molecule has 0 unspecified atom stereocenters. The lowest BCUT2D eigenvalue weighted by Gasteiger charge is -2.24. The van der Waals surface area contributed by atoms with Gasteiger partial charge in [-0.25, -0.2) is 0 Å². The number of nitrogens with zero attached hydrogens (tertiary/aromatic N) is 2. The van der Waals surface area contributed by atoms with Crippen molar-refractivity contribution < 1.29 is 0 Å². The van der Waals surface area contributed by atoms with Gasteiger partial charge in [0.1, 0.15) is 0 Å². The van der Waals surface area contributed by atoms with Crippen molar-refractivity contribution in [1.29, 1.82) is 0 Å². The van der Waals surface area contributed by atoms with Gasteiger partial charge in [0.15, 0.2) is 10.3 Å². The lowest BCUT2D eigenvalue weighted by Crippen LogP contribution is -2.26. The normalized spacial score (nSPS) is 11.6. The fraction of sp³-hybridized carbons (Fsp3) is 0.333. The van der Waals surface area contributed by atoms with Crippen molar-refractivity contribution in [2.75, 3.05) is 11.9 Å². The van der Waals surface area contributed by atoms with Crippen LogP contribution in [-0.2, 0) is 5.41 Å². The van der Waals surface area contributed by atoms with Crippen molar-refractivity contribution in [3.8, 4) is 0 Å². The summed E-state index contributed by atoms with van der Waals surface area (Å²) in [6, 6.07) is 5.87. The Morgan fingerprint density at radius 3 is 2.78 bits per heavy atom. The van der Waals surface area contributed by atoms with Crippen LogP contribution in [0.2, 0.25) is 10.3 Å². The Hall–Kier alpha value is -0.840. The molecule has 96 valence electrons. The molecule has 0 saturated carbocycles. The maximum Gasteiger partial charge on any atom is 0.174 e. The van der Waals surface area contributed by atoms with Crippen LogP contribution in [0.3, 0.4) is 0 Å². The van der Waals surface area contributed by atoms with Crippen LogP contribution in [0.25, 0.3) is 0 Å². The highest BCUT2D eigenvalue weighted by molar-refractivity contribution is 7.10. The summed E-state index contributed by atoms with van der Waals surface area (Å²) in [7, 11) is 0. The van der Waals surface area contributed by atoms with Crippen LogP contribution < -0.4 is 5.32 Å². The average Bonchev–Trinajstić information content (AvgIpc) is 2.85. The van der Waals surface area contributed by atoms with E-state index in [9.17, 15) is 0 Å². The van der Waals surface area contributed by atoms with E-state index < -0.39 is 0 Å². The lowest BCUT2D eigenvalue weighted by atomic mass is 9.91. The minimum absolute atomic E-state index is 0.0211. The molecule has 0 bridgehead atoms. The third-order valence-corrected chi connectivity index (χ3v) is 4.33. The van der Waals surface area contributed by atoms with Gasteiger partial charge in [-0.1, -0.05) is 43.1 Å². The van der Waals surface area contributed by atoms with Crippen LogP contribution in [0, 0.1) is 0 Å². The number of aromatic nitrogens is 2.